The lowest BCUT2D eigenvalue weighted by Gasteiger charge is -2.22. The number of nitrogens with one attached hydrogen (secondary N) is 1. The summed E-state index contributed by atoms with van der Waals surface area (Å²) in [5.74, 6) is -0.577. The summed E-state index contributed by atoms with van der Waals surface area (Å²) in [7, 11) is 1.60. The molecule has 7 nitrogen and oxygen atoms in total. The van der Waals surface area contributed by atoms with Gasteiger partial charge in [0.05, 0.1) is 13.0 Å². The van der Waals surface area contributed by atoms with Gasteiger partial charge in [0.25, 0.3) is 11.8 Å². The van der Waals surface area contributed by atoms with Crippen molar-refractivity contribution in [3.8, 4) is 5.75 Å². The van der Waals surface area contributed by atoms with Crippen molar-refractivity contribution in [2.45, 2.75) is 12.3 Å². The zero-order valence-electron chi connectivity index (χ0n) is 18.3. The average Bonchev–Trinajstić information content (AvgIpc) is 3.11. The Kier molecular flexibility index (Phi) is 6.69. The minimum Gasteiger partial charge on any atom is -0.497 e. The van der Waals surface area contributed by atoms with Crippen LogP contribution in [0.15, 0.2) is 84.9 Å². The van der Waals surface area contributed by atoms with Crippen molar-refractivity contribution in [1.82, 2.24) is 15.3 Å². The molecule has 0 aromatic heterocycles. The normalized spacial score (nSPS) is 13.5. The van der Waals surface area contributed by atoms with Crippen molar-refractivity contribution >= 4 is 17.8 Å². The Bertz CT molecular complexity index is 1080. The molecule has 4 amide bonds. The van der Waals surface area contributed by atoms with E-state index in [2.05, 4.69) is 5.43 Å². The summed E-state index contributed by atoms with van der Waals surface area (Å²) in [4.78, 5) is 39.8. The molecule has 0 radical (unpaired) electrons. The van der Waals surface area contributed by atoms with E-state index in [1.165, 1.54) is 4.90 Å². The van der Waals surface area contributed by atoms with E-state index in [0.717, 1.165) is 27.4 Å². The molecule has 3 aromatic carbocycles. The van der Waals surface area contributed by atoms with Gasteiger partial charge in [-0.05, 0) is 35.2 Å². The SMILES string of the molecule is COc1ccc(CCN2C(=O)CN(NC(=O)C(c3ccccc3)c3ccccc3)C2=O)cc1. The van der Waals surface area contributed by atoms with Gasteiger partial charge >= 0.3 is 6.03 Å². The molecule has 0 saturated carbocycles. The number of carbonyl (C=O) groups is 3. The molecule has 0 spiro atoms. The van der Waals surface area contributed by atoms with Gasteiger partial charge in [0.15, 0.2) is 0 Å². The number of hydrazine groups is 1. The maximum Gasteiger partial charge on any atom is 0.345 e. The maximum absolute atomic E-state index is 13.3. The number of hydrogen-bond donors (Lipinski definition) is 1. The highest BCUT2D eigenvalue weighted by Gasteiger charge is 2.38. The van der Waals surface area contributed by atoms with Crippen molar-refractivity contribution in [1.29, 1.82) is 0 Å². The van der Waals surface area contributed by atoms with Crippen molar-refractivity contribution in [3.05, 3.63) is 102 Å². The van der Waals surface area contributed by atoms with Crippen molar-refractivity contribution in [2.24, 2.45) is 0 Å². The van der Waals surface area contributed by atoms with Gasteiger partial charge < -0.3 is 4.74 Å². The number of rotatable bonds is 8. The zero-order chi connectivity index (χ0) is 23.2. The Balaban J connectivity index is 1.44. The summed E-state index contributed by atoms with van der Waals surface area (Å²) in [5.41, 5.74) is 5.25. The molecule has 4 rings (SSSR count). The second-order valence-electron chi connectivity index (χ2n) is 7.74. The maximum atomic E-state index is 13.3. The molecular formula is C26H25N3O4. The highest BCUT2D eigenvalue weighted by molar-refractivity contribution is 6.03. The lowest BCUT2D eigenvalue weighted by molar-refractivity contribution is -0.126. The first kappa shape index (κ1) is 22.1. The third kappa shape index (κ3) is 5.03. The van der Waals surface area contributed by atoms with Crippen LogP contribution in [0.5, 0.6) is 5.75 Å². The van der Waals surface area contributed by atoms with Crippen LogP contribution in [0.4, 0.5) is 4.79 Å². The van der Waals surface area contributed by atoms with Crippen LogP contribution < -0.4 is 10.2 Å². The first-order chi connectivity index (χ1) is 16.1. The van der Waals surface area contributed by atoms with Crippen LogP contribution in [0, 0.1) is 0 Å². The molecule has 1 saturated heterocycles. The van der Waals surface area contributed by atoms with Gasteiger partial charge in [0, 0.05) is 6.54 Å². The largest absolute Gasteiger partial charge is 0.497 e. The minimum atomic E-state index is -0.608. The van der Waals surface area contributed by atoms with Gasteiger partial charge in [0.1, 0.15) is 12.3 Å². The van der Waals surface area contributed by atoms with Crippen LogP contribution in [0.2, 0.25) is 0 Å². The van der Waals surface area contributed by atoms with Crippen molar-refractivity contribution < 1.29 is 19.1 Å². The monoisotopic (exact) mass is 443 g/mol. The number of imide groups is 1. The molecule has 1 aliphatic heterocycles. The Hall–Kier alpha value is -4.13. The second-order valence-corrected chi connectivity index (χ2v) is 7.74. The number of carbonyl (C=O) groups excluding carboxylic acids is 3. The predicted molar refractivity (Wildman–Crippen MR) is 123 cm³/mol. The standard InChI is InChI=1S/C26H25N3O4/c1-33-22-14-12-19(13-15-22)16-17-28-23(30)18-29(26(28)32)27-25(31)24(20-8-4-2-5-9-20)21-10-6-3-7-11-21/h2-15,24H,16-18H2,1H3,(H,27,31). The van der Waals surface area contributed by atoms with Crippen LogP contribution in [-0.4, -0.2) is 48.0 Å². The lowest BCUT2D eigenvalue weighted by Crippen LogP contribution is -2.47. The van der Waals surface area contributed by atoms with Crippen molar-refractivity contribution in [3.63, 3.8) is 0 Å². The molecule has 0 bridgehead atoms. The fraction of sp³-hybridized carbons (Fsp3) is 0.192. The Morgan fingerprint density at radius 1 is 0.909 bits per heavy atom. The number of benzene rings is 3. The quantitative estimate of drug-likeness (QED) is 0.542. The van der Waals surface area contributed by atoms with Crippen LogP contribution >= 0.6 is 0 Å². The number of amides is 4. The van der Waals surface area contributed by atoms with Crippen LogP contribution in [0.1, 0.15) is 22.6 Å². The summed E-state index contributed by atoms with van der Waals surface area (Å²) in [5, 5.41) is 1.09. The van der Waals surface area contributed by atoms with Crippen LogP contribution in [-0.2, 0) is 16.0 Å². The highest BCUT2D eigenvalue weighted by Crippen LogP contribution is 2.25. The zero-order valence-corrected chi connectivity index (χ0v) is 18.3. The van der Waals surface area contributed by atoms with E-state index in [-0.39, 0.29) is 24.9 Å². The van der Waals surface area contributed by atoms with E-state index in [4.69, 9.17) is 4.74 Å². The second kappa shape index (κ2) is 9.99. The van der Waals surface area contributed by atoms with E-state index in [0.29, 0.717) is 6.42 Å². The van der Waals surface area contributed by atoms with Crippen LogP contribution in [0.3, 0.4) is 0 Å². The number of urea groups is 1. The number of ether oxygens (including phenoxy) is 1. The van der Waals surface area contributed by atoms with E-state index in [9.17, 15) is 14.4 Å². The van der Waals surface area contributed by atoms with E-state index >= 15 is 0 Å². The lowest BCUT2D eigenvalue weighted by atomic mass is 9.91. The van der Waals surface area contributed by atoms with Gasteiger partial charge in [0.2, 0.25) is 0 Å². The third-order valence-electron chi connectivity index (χ3n) is 5.61. The van der Waals surface area contributed by atoms with Gasteiger partial charge in [-0.25, -0.2) is 9.80 Å². The van der Waals surface area contributed by atoms with E-state index in [1.807, 2.05) is 84.9 Å². The topological polar surface area (TPSA) is 79.0 Å². The van der Waals surface area contributed by atoms with Crippen LogP contribution in [0.25, 0.3) is 0 Å². The molecule has 7 heteroatoms. The average molecular weight is 444 g/mol. The summed E-state index contributed by atoms with van der Waals surface area (Å²) in [6, 6.07) is 25.6. The van der Waals surface area contributed by atoms with Crippen molar-refractivity contribution in [2.75, 3.05) is 20.2 Å². The van der Waals surface area contributed by atoms with Gasteiger partial charge in [-0.1, -0.05) is 72.8 Å². The number of methoxy groups -OCH3 is 1. The molecule has 3 aromatic rings. The predicted octanol–water partition coefficient (Wildman–Crippen LogP) is 3.37. The fourth-order valence-electron chi connectivity index (χ4n) is 3.87. The molecule has 1 fully saturated rings. The first-order valence-corrected chi connectivity index (χ1v) is 10.7. The van der Waals surface area contributed by atoms with Gasteiger partial charge in [-0.2, -0.15) is 0 Å². The minimum absolute atomic E-state index is 0.191. The fourth-order valence-corrected chi connectivity index (χ4v) is 3.87. The Morgan fingerprint density at radius 2 is 1.48 bits per heavy atom. The number of nitrogens with zero attached hydrogens (tertiary/aromatic N) is 2. The molecule has 0 atom stereocenters. The summed E-state index contributed by atoms with van der Waals surface area (Å²) in [6.45, 7) is 0.0423. The van der Waals surface area contributed by atoms with E-state index in [1.54, 1.807) is 7.11 Å². The molecule has 1 N–H and O–H groups in total. The van der Waals surface area contributed by atoms with Gasteiger partial charge in [-0.3, -0.25) is 19.9 Å². The summed E-state index contributed by atoms with van der Waals surface area (Å²) < 4.78 is 5.15. The summed E-state index contributed by atoms with van der Waals surface area (Å²) >= 11 is 0. The Labute approximate surface area is 192 Å². The molecule has 168 valence electrons. The molecular weight excluding hydrogens is 418 g/mol. The van der Waals surface area contributed by atoms with E-state index < -0.39 is 11.9 Å². The molecule has 0 aliphatic carbocycles. The molecule has 33 heavy (non-hydrogen) atoms. The Morgan fingerprint density at radius 3 is 2.03 bits per heavy atom. The third-order valence-corrected chi connectivity index (χ3v) is 5.61. The highest BCUT2D eigenvalue weighted by atomic mass is 16.5. The molecule has 0 unspecified atom stereocenters. The molecule has 1 aliphatic rings. The van der Waals surface area contributed by atoms with Gasteiger partial charge in [-0.15, -0.1) is 0 Å². The summed E-state index contributed by atoms with van der Waals surface area (Å²) in [6.07, 6.45) is 0.514. The molecule has 1 heterocycles. The number of hydrogen-bond acceptors (Lipinski definition) is 4. The first-order valence-electron chi connectivity index (χ1n) is 10.7. The smallest absolute Gasteiger partial charge is 0.345 e.